The molecule has 1 aromatic rings. The van der Waals surface area contributed by atoms with Crippen LogP contribution in [-0.2, 0) is 10.0 Å². The Morgan fingerprint density at radius 2 is 2.07 bits per heavy atom. The second-order valence-electron chi connectivity index (χ2n) is 2.85. The van der Waals surface area contributed by atoms with Crippen molar-refractivity contribution in [2.75, 3.05) is 11.0 Å². The van der Waals surface area contributed by atoms with Gasteiger partial charge in [-0.3, -0.25) is 4.72 Å². The minimum atomic E-state index is -3.35. The molecule has 0 heterocycles. The highest BCUT2D eigenvalue weighted by molar-refractivity contribution is 7.92. The van der Waals surface area contributed by atoms with Crippen LogP contribution in [0, 0.1) is 0 Å². The molecule has 0 saturated heterocycles. The number of anilines is 1. The van der Waals surface area contributed by atoms with E-state index in [2.05, 4.69) is 9.38 Å². The molecule has 15 heavy (non-hydrogen) atoms. The lowest BCUT2D eigenvalue weighted by molar-refractivity contribution is 0.288. The first-order valence-corrected chi connectivity index (χ1v) is 5.86. The summed E-state index contributed by atoms with van der Waals surface area (Å²) in [6, 6.07) is 5.83. The van der Waals surface area contributed by atoms with Crippen molar-refractivity contribution >= 4 is 23.0 Å². The van der Waals surface area contributed by atoms with E-state index >= 15 is 0 Å². The summed E-state index contributed by atoms with van der Waals surface area (Å²) in [4.78, 5) is 0. The summed E-state index contributed by atoms with van der Waals surface area (Å²) < 4.78 is 28.5. The molecule has 0 aliphatic rings. The van der Waals surface area contributed by atoms with Crippen LogP contribution in [-0.4, -0.2) is 32.0 Å². The summed E-state index contributed by atoms with van der Waals surface area (Å²) >= 11 is 0. The van der Waals surface area contributed by atoms with Gasteiger partial charge in [-0.2, -0.15) is 0 Å². The van der Waals surface area contributed by atoms with Crippen LogP contribution in [0.15, 0.2) is 24.3 Å². The molecule has 0 bridgehead atoms. The molecule has 0 fully saturated rings. The third kappa shape index (κ3) is 4.68. The normalized spacial score (nSPS) is 10.9. The molecule has 1 rings (SSSR count). The first-order valence-electron chi connectivity index (χ1n) is 3.97. The topological polar surface area (TPSA) is 95.9 Å². The SMILES string of the molecule is CS(=O)(=O)Nc1cccc(OB(O)O)c1. The summed E-state index contributed by atoms with van der Waals surface area (Å²) in [5.74, 6) is 0.152. The third-order valence-corrected chi connectivity index (χ3v) is 1.99. The van der Waals surface area contributed by atoms with Crippen LogP contribution in [0.3, 0.4) is 0 Å². The second-order valence-corrected chi connectivity index (χ2v) is 4.59. The van der Waals surface area contributed by atoms with E-state index in [-0.39, 0.29) is 11.4 Å². The zero-order chi connectivity index (χ0) is 11.5. The fourth-order valence-electron chi connectivity index (χ4n) is 0.969. The van der Waals surface area contributed by atoms with Gasteiger partial charge in [-0.25, -0.2) is 8.42 Å². The zero-order valence-corrected chi connectivity index (χ0v) is 8.73. The Morgan fingerprint density at radius 1 is 1.40 bits per heavy atom. The molecular formula is C7H10BNO5S. The quantitative estimate of drug-likeness (QED) is 0.601. The molecule has 0 atom stereocenters. The smallest absolute Gasteiger partial charge is 0.512 e. The van der Waals surface area contributed by atoms with Crippen LogP contribution in [0.4, 0.5) is 5.69 Å². The van der Waals surface area contributed by atoms with Crippen LogP contribution in [0.25, 0.3) is 0 Å². The third-order valence-electron chi connectivity index (χ3n) is 1.38. The number of hydrogen-bond donors (Lipinski definition) is 3. The first-order chi connectivity index (χ1) is 6.87. The van der Waals surface area contributed by atoms with Gasteiger partial charge in [0.05, 0.1) is 11.9 Å². The van der Waals surface area contributed by atoms with E-state index in [9.17, 15) is 8.42 Å². The van der Waals surface area contributed by atoms with Crippen molar-refractivity contribution in [3.8, 4) is 5.75 Å². The van der Waals surface area contributed by atoms with E-state index in [1.807, 2.05) is 0 Å². The van der Waals surface area contributed by atoms with Crippen molar-refractivity contribution in [3.63, 3.8) is 0 Å². The molecular weight excluding hydrogens is 221 g/mol. The molecule has 3 N–H and O–H groups in total. The first kappa shape index (κ1) is 11.8. The minimum absolute atomic E-state index is 0.152. The van der Waals surface area contributed by atoms with Crippen molar-refractivity contribution in [1.82, 2.24) is 0 Å². The van der Waals surface area contributed by atoms with Crippen LogP contribution in [0.1, 0.15) is 0 Å². The van der Waals surface area contributed by atoms with Crippen LogP contribution in [0.5, 0.6) is 5.75 Å². The lowest BCUT2D eigenvalue weighted by atomic mass is 10.2. The molecule has 0 unspecified atom stereocenters. The van der Waals surface area contributed by atoms with Gasteiger partial charge in [0.2, 0.25) is 10.0 Å². The monoisotopic (exact) mass is 231 g/mol. The molecule has 1 aromatic carbocycles. The highest BCUT2D eigenvalue weighted by atomic mass is 32.2. The number of benzene rings is 1. The Morgan fingerprint density at radius 3 is 2.60 bits per heavy atom. The molecule has 82 valence electrons. The van der Waals surface area contributed by atoms with Gasteiger partial charge in [0, 0.05) is 6.07 Å². The van der Waals surface area contributed by atoms with Crippen molar-refractivity contribution in [2.45, 2.75) is 0 Å². The van der Waals surface area contributed by atoms with E-state index in [4.69, 9.17) is 10.0 Å². The van der Waals surface area contributed by atoms with Crippen molar-refractivity contribution < 1.29 is 23.1 Å². The Labute approximate surface area is 87.7 Å². The fourth-order valence-corrected chi connectivity index (χ4v) is 1.52. The summed E-state index contributed by atoms with van der Waals surface area (Å²) in [5.41, 5.74) is 0.288. The zero-order valence-electron chi connectivity index (χ0n) is 7.91. The van der Waals surface area contributed by atoms with Gasteiger partial charge in [0.15, 0.2) is 0 Å². The average molecular weight is 231 g/mol. The summed E-state index contributed by atoms with van der Waals surface area (Å²) in [7, 11) is -5.28. The summed E-state index contributed by atoms with van der Waals surface area (Å²) in [5, 5.41) is 17.0. The highest BCUT2D eigenvalue weighted by Crippen LogP contribution is 2.18. The van der Waals surface area contributed by atoms with E-state index in [1.54, 1.807) is 0 Å². The van der Waals surface area contributed by atoms with Crippen LogP contribution >= 0.6 is 0 Å². The largest absolute Gasteiger partial charge is 0.707 e. The molecule has 0 aliphatic heterocycles. The van der Waals surface area contributed by atoms with Crippen molar-refractivity contribution in [1.29, 1.82) is 0 Å². The lowest BCUT2D eigenvalue weighted by Gasteiger charge is -2.07. The maximum absolute atomic E-state index is 10.9. The molecule has 0 aliphatic carbocycles. The van der Waals surface area contributed by atoms with E-state index < -0.39 is 17.3 Å². The molecule has 8 heteroatoms. The van der Waals surface area contributed by atoms with Gasteiger partial charge < -0.3 is 14.7 Å². The fraction of sp³-hybridized carbons (Fsp3) is 0.143. The van der Waals surface area contributed by atoms with Gasteiger partial charge in [-0.1, -0.05) is 6.07 Å². The molecule has 0 saturated carbocycles. The van der Waals surface area contributed by atoms with Crippen LogP contribution in [0.2, 0.25) is 0 Å². The number of hydrogen-bond acceptors (Lipinski definition) is 5. The number of rotatable bonds is 4. The highest BCUT2D eigenvalue weighted by Gasteiger charge is 2.11. The Bertz CT molecular complexity index is 433. The second kappa shape index (κ2) is 4.52. The van der Waals surface area contributed by atoms with E-state index in [0.717, 1.165) is 6.26 Å². The van der Waals surface area contributed by atoms with Gasteiger partial charge in [0.1, 0.15) is 5.75 Å². The van der Waals surface area contributed by atoms with E-state index in [0.29, 0.717) is 0 Å². The molecule has 0 aromatic heterocycles. The van der Waals surface area contributed by atoms with Crippen molar-refractivity contribution in [2.24, 2.45) is 0 Å². The Kier molecular flexibility index (Phi) is 3.56. The maximum Gasteiger partial charge on any atom is 0.707 e. The Balaban J connectivity index is 2.83. The van der Waals surface area contributed by atoms with Gasteiger partial charge in [0.25, 0.3) is 0 Å². The van der Waals surface area contributed by atoms with Gasteiger partial charge in [-0.05, 0) is 12.1 Å². The lowest BCUT2D eigenvalue weighted by Crippen LogP contribution is -2.20. The minimum Gasteiger partial charge on any atom is -0.512 e. The van der Waals surface area contributed by atoms with Gasteiger partial charge >= 0.3 is 7.32 Å². The maximum atomic E-state index is 10.9. The predicted octanol–water partition coefficient (Wildman–Crippen LogP) is -0.594. The summed E-state index contributed by atoms with van der Waals surface area (Å²) in [6.45, 7) is 0. The Hall–Kier alpha value is -1.25. The average Bonchev–Trinajstić information content (AvgIpc) is 1.99. The number of nitrogens with one attached hydrogen (secondary N) is 1. The standard InChI is InChI=1S/C7H10BNO5S/c1-15(12,13)9-6-3-2-4-7(5-6)14-8(10)11/h2-5,9-11H,1H3. The molecule has 0 spiro atoms. The number of sulfonamides is 1. The predicted molar refractivity (Wildman–Crippen MR) is 55.7 cm³/mol. The summed E-state index contributed by atoms with van der Waals surface area (Å²) in [6.07, 6.45) is 1.02. The molecule has 0 amide bonds. The van der Waals surface area contributed by atoms with E-state index in [1.165, 1.54) is 24.3 Å². The van der Waals surface area contributed by atoms with Crippen molar-refractivity contribution in [3.05, 3.63) is 24.3 Å². The molecule has 6 nitrogen and oxygen atoms in total. The van der Waals surface area contributed by atoms with Gasteiger partial charge in [-0.15, -0.1) is 0 Å². The van der Waals surface area contributed by atoms with Crippen LogP contribution < -0.4 is 9.38 Å². The molecule has 0 radical (unpaired) electrons.